The fourth-order valence-electron chi connectivity index (χ4n) is 1.31. The van der Waals surface area contributed by atoms with Crippen molar-refractivity contribution in [1.29, 1.82) is 0 Å². The lowest BCUT2D eigenvalue weighted by molar-refractivity contribution is -0.184. The highest BCUT2D eigenvalue weighted by molar-refractivity contribution is 5.94. The molecule has 0 aliphatic heterocycles. The van der Waals surface area contributed by atoms with Gasteiger partial charge in [-0.05, 0) is 25.5 Å². The van der Waals surface area contributed by atoms with Crippen LogP contribution in [-0.4, -0.2) is 18.7 Å². The van der Waals surface area contributed by atoms with Crippen LogP contribution in [0.15, 0.2) is 18.2 Å². The molecule has 1 aromatic rings. The summed E-state index contributed by atoms with van der Waals surface area (Å²) in [6.45, 7) is 2.05. The lowest BCUT2D eigenvalue weighted by Crippen LogP contribution is -2.29. The Labute approximate surface area is 96.5 Å². The highest BCUT2D eigenvalue weighted by Crippen LogP contribution is 2.14. The van der Waals surface area contributed by atoms with Gasteiger partial charge in [0.05, 0.1) is 0 Å². The fraction of sp³-hybridized carbons (Fsp3) is 0.364. The van der Waals surface area contributed by atoms with E-state index < -0.39 is 18.7 Å². The maximum absolute atomic E-state index is 11.8. The molecule has 0 fully saturated rings. The van der Waals surface area contributed by atoms with Gasteiger partial charge in [0.15, 0.2) is 6.61 Å². The molecule has 1 rings (SSSR count). The van der Waals surface area contributed by atoms with E-state index in [-0.39, 0.29) is 5.56 Å². The Hall–Kier alpha value is -1.56. The molecular formula is C11H12F3NO2. The number of hydrogen-bond acceptors (Lipinski definition) is 2. The first-order valence-electron chi connectivity index (χ1n) is 4.86. The Morgan fingerprint density at radius 3 is 2.53 bits per heavy atom. The highest BCUT2D eigenvalue weighted by atomic mass is 19.4. The van der Waals surface area contributed by atoms with Crippen LogP contribution in [0, 0.1) is 13.8 Å². The van der Waals surface area contributed by atoms with Crippen molar-refractivity contribution in [1.82, 2.24) is 5.48 Å². The van der Waals surface area contributed by atoms with Crippen LogP contribution in [0.3, 0.4) is 0 Å². The molecule has 0 heterocycles. The van der Waals surface area contributed by atoms with E-state index in [2.05, 4.69) is 4.84 Å². The van der Waals surface area contributed by atoms with Gasteiger partial charge in [-0.15, -0.1) is 0 Å². The predicted molar refractivity (Wildman–Crippen MR) is 55.4 cm³/mol. The second kappa shape index (κ2) is 5.18. The Balaban J connectivity index is 2.59. The van der Waals surface area contributed by atoms with Crippen molar-refractivity contribution in [3.05, 3.63) is 34.9 Å². The zero-order valence-corrected chi connectivity index (χ0v) is 9.39. The van der Waals surface area contributed by atoms with Gasteiger partial charge in [-0.2, -0.15) is 13.2 Å². The van der Waals surface area contributed by atoms with Crippen LogP contribution >= 0.6 is 0 Å². The molecule has 3 nitrogen and oxygen atoms in total. The smallest absolute Gasteiger partial charge is 0.267 e. The average Bonchev–Trinajstić information content (AvgIpc) is 2.15. The number of hydroxylamine groups is 1. The van der Waals surface area contributed by atoms with E-state index in [0.717, 1.165) is 5.56 Å². The third-order valence-electron chi connectivity index (χ3n) is 2.03. The van der Waals surface area contributed by atoms with Crippen LogP contribution in [0.5, 0.6) is 0 Å². The van der Waals surface area contributed by atoms with Crippen molar-refractivity contribution in [2.45, 2.75) is 20.0 Å². The lowest BCUT2D eigenvalue weighted by Gasteiger charge is -2.10. The summed E-state index contributed by atoms with van der Waals surface area (Å²) >= 11 is 0. The minimum atomic E-state index is -4.46. The van der Waals surface area contributed by atoms with E-state index in [1.165, 1.54) is 6.07 Å². The number of aryl methyl sites for hydroxylation is 2. The molecule has 0 unspecified atom stereocenters. The van der Waals surface area contributed by atoms with Gasteiger partial charge in [-0.1, -0.05) is 17.7 Å². The van der Waals surface area contributed by atoms with Crippen LogP contribution in [0.25, 0.3) is 0 Å². The Bertz CT molecular complexity index is 416. The topological polar surface area (TPSA) is 38.3 Å². The van der Waals surface area contributed by atoms with E-state index in [9.17, 15) is 18.0 Å². The summed E-state index contributed by atoms with van der Waals surface area (Å²) in [7, 11) is 0. The van der Waals surface area contributed by atoms with Gasteiger partial charge < -0.3 is 0 Å². The molecule has 1 N–H and O–H groups in total. The van der Waals surface area contributed by atoms with Crippen molar-refractivity contribution in [3.8, 4) is 0 Å². The zero-order valence-electron chi connectivity index (χ0n) is 9.39. The normalized spacial score (nSPS) is 11.4. The molecule has 94 valence electrons. The highest BCUT2D eigenvalue weighted by Gasteiger charge is 2.28. The van der Waals surface area contributed by atoms with Gasteiger partial charge in [0.25, 0.3) is 5.91 Å². The summed E-state index contributed by atoms with van der Waals surface area (Å²) in [5, 5.41) is 0. The molecule has 0 aromatic heterocycles. The maximum atomic E-state index is 11.8. The quantitative estimate of drug-likeness (QED) is 0.833. The minimum Gasteiger partial charge on any atom is -0.267 e. The first-order chi connectivity index (χ1) is 7.79. The third-order valence-corrected chi connectivity index (χ3v) is 2.03. The number of hydrogen-bond donors (Lipinski definition) is 1. The van der Waals surface area contributed by atoms with Crippen molar-refractivity contribution in [3.63, 3.8) is 0 Å². The summed E-state index contributed by atoms with van der Waals surface area (Å²) in [5.74, 6) is -0.688. The summed E-state index contributed by atoms with van der Waals surface area (Å²) in [6, 6.07) is 5.00. The molecule has 1 amide bonds. The largest absolute Gasteiger partial charge is 0.414 e. The molecule has 0 aliphatic carbocycles. The van der Waals surface area contributed by atoms with Crippen LogP contribution in [-0.2, 0) is 4.84 Å². The monoisotopic (exact) mass is 247 g/mol. The number of halogens is 3. The first kappa shape index (κ1) is 13.5. The number of alkyl halides is 3. The van der Waals surface area contributed by atoms with E-state index in [1.807, 2.05) is 6.92 Å². The van der Waals surface area contributed by atoms with E-state index >= 15 is 0 Å². The molecule has 0 saturated carbocycles. The second-order valence-electron chi connectivity index (χ2n) is 3.65. The Morgan fingerprint density at radius 1 is 1.35 bits per heavy atom. The number of carbonyl (C=O) groups is 1. The second-order valence-corrected chi connectivity index (χ2v) is 3.65. The van der Waals surface area contributed by atoms with Crippen LogP contribution in [0.4, 0.5) is 13.2 Å². The van der Waals surface area contributed by atoms with E-state index in [0.29, 0.717) is 5.56 Å². The molecule has 0 atom stereocenters. The standard InChI is InChI=1S/C11H12F3NO2/c1-7-3-4-9(8(2)5-7)10(16)15-17-6-11(12,13)14/h3-5H,6H2,1-2H3,(H,15,16). The van der Waals surface area contributed by atoms with Crippen molar-refractivity contribution in [2.24, 2.45) is 0 Å². The van der Waals surface area contributed by atoms with Crippen LogP contribution in [0.1, 0.15) is 21.5 Å². The van der Waals surface area contributed by atoms with E-state index in [4.69, 9.17) is 0 Å². The van der Waals surface area contributed by atoms with Crippen LogP contribution in [0.2, 0.25) is 0 Å². The number of rotatable bonds is 3. The molecule has 0 bridgehead atoms. The van der Waals surface area contributed by atoms with Gasteiger partial charge in [0.2, 0.25) is 0 Å². The van der Waals surface area contributed by atoms with Gasteiger partial charge in [0.1, 0.15) is 0 Å². The van der Waals surface area contributed by atoms with E-state index in [1.54, 1.807) is 24.5 Å². The Kier molecular flexibility index (Phi) is 4.11. The van der Waals surface area contributed by atoms with Crippen LogP contribution < -0.4 is 5.48 Å². The minimum absolute atomic E-state index is 0.290. The van der Waals surface area contributed by atoms with Crippen molar-refractivity contribution in [2.75, 3.05) is 6.61 Å². The maximum Gasteiger partial charge on any atom is 0.414 e. The predicted octanol–water partition coefficient (Wildman–Crippen LogP) is 2.53. The summed E-state index contributed by atoms with van der Waals surface area (Å²) in [5.41, 5.74) is 3.69. The number of benzene rings is 1. The number of carbonyl (C=O) groups excluding carboxylic acids is 1. The van der Waals surface area contributed by atoms with Gasteiger partial charge in [0, 0.05) is 5.56 Å². The molecule has 0 radical (unpaired) electrons. The summed E-state index contributed by atoms with van der Waals surface area (Å²) in [4.78, 5) is 15.5. The zero-order chi connectivity index (χ0) is 13.1. The summed E-state index contributed by atoms with van der Waals surface area (Å²) < 4.78 is 35.3. The van der Waals surface area contributed by atoms with Crippen molar-refractivity contribution < 1.29 is 22.8 Å². The Morgan fingerprint density at radius 2 is 2.00 bits per heavy atom. The lowest BCUT2D eigenvalue weighted by atomic mass is 10.1. The molecule has 0 spiro atoms. The molecule has 1 aromatic carbocycles. The molecule has 17 heavy (non-hydrogen) atoms. The van der Waals surface area contributed by atoms with Crippen molar-refractivity contribution >= 4 is 5.91 Å². The number of amides is 1. The molecule has 6 heteroatoms. The average molecular weight is 247 g/mol. The molecule has 0 saturated heterocycles. The number of nitrogens with one attached hydrogen (secondary N) is 1. The molecule has 0 aliphatic rings. The fourth-order valence-corrected chi connectivity index (χ4v) is 1.31. The SMILES string of the molecule is Cc1ccc(C(=O)NOCC(F)(F)F)c(C)c1. The third kappa shape index (κ3) is 4.44. The summed E-state index contributed by atoms with van der Waals surface area (Å²) in [6.07, 6.45) is -4.46. The van der Waals surface area contributed by atoms with Gasteiger partial charge in [-0.3, -0.25) is 9.63 Å². The van der Waals surface area contributed by atoms with Gasteiger partial charge >= 0.3 is 6.18 Å². The first-order valence-corrected chi connectivity index (χ1v) is 4.86. The van der Waals surface area contributed by atoms with Gasteiger partial charge in [-0.25, -0.2) is 5.48 Å². The molecular weight excluding hydrogens is 235 g/mol.